The summed E-state index contributed by atoms with van der Waals surface area (Å²) in [5.41, 5.74) is 2.44. The molecule has 1 amide bonds. The van der Waals surface area contributed by atoms with Crippen LogP contribution >= 0.6 is 0 Å². The molecule has 0 radical (unpaired) electrons. The summed E-state index contributed by atoms with van der Waals surface area (Å²) in [7, 11) is 0. The van der Waals surface area contributed by atoms with Gasteiger partial charge in [-0.3, -0.25) is 4.79 Å². The molecule has 0 spiro atoms. The molecular formula is C23H30N3O3+. The molecule has 0 saturated carbocycles. The Hall–Kier alpha value is -2.86. The average molecular weight is 397 g/mol. The maximum absolute atomic E-state index is 12.4. The number of hydrogen-bond acceptors (Lipinski definition) is 4. The van der Waals surface area contributed by atoms with E-state index < -0.39 is 0 Å². The van der Waals surface area contributed by atoms with Crippen LogP contribution in [-0.4, -0.2) is 51.2 Å². The zero-order chi connectivity index (χ0) is 20.5. The second kappa shape index (κ2) is 10.6. The Morgan fingerprint density at radius 3 is 2.38 bits per heavy atom. The highest BCUT2D eigenvalue weighted by Crippen LogP contribution is 2.13. The summed E-state index contributed by atoms with van der Waals surface area (Å²) in [4.78, 5) is 28.0. The first-order valence-electron chi connectivity index (χ1n) is 10.4. The van der Waals surface area contributed by atoms with Crippen molar-refractivity contribution in [3.63, 3.8) is 0 Å². The van der Waals surface area contributed by atoms with Crippen LogP contribution in [0.4, 0.5) is 11.4 Å². The first-order valence-corrected chi connectivity index (χ1v) is 10.4. The van der Waals surface area contributed by atoms with Gasteiger partial charge in [-0.25, -0.2) is 4.79 Å². The van der Waals surface area contributed by atoms with E-state index in [0.29, 0.717) is 24.4 Å². The van der Waals surface area contributed by atoms with Gasteiger partial charge in [0.15, 0.2) is 6.54 Å². The Balaban J connectivity index is 1.42. The van der Waals surface area contributed by atoms with E-state index >= 15 is 0 Å². The Bertz CT molecular complexity index is 785. The highest BCUT2D eigenvalue weighted by molar-refractivity contribution is 5.93. The van der Waals surface area contributed by atoms with Crippen LogP contribution < -0.4 is 15.1 Å². The summed E-state index contributed by atoms with van der Waals surface area (Å²) in [5, 5.41) is 2.93. The predicted octanol–water partition coefficient (Wildman–Crippen LogP) is 1.99. The summed E-state index contributed by atoms with van der Waals surface area (Å²) < 4.78 is 5.20. The van der Waals surface area contributed by atoms with E-state index in [1.807, 2.05) is 6.07 Å². The number of anilines is 2. The van der Waals surface area contributed by atoms with Crippen molar-refractivity contribution in [1.82, 2.24) is 0 Å². The van der Waals surface area contributed by atoms with E-state index in [1.165, 1.54) is 10.6 Å². The van der Waals surface area contributed by atoms with Crippen molar-refractivity contribution in [3.05, 3.63) is 60.2 Å². The summed E-state index contributed by atoms with van der Waals surface area (Å²) in [6.07, 6.45) is 1.85. The SMILES string of the molecule is CCCCOC(=O)c1ccc(NC(=O)C[NH+]2CCN(c3ccccc3)CC2)cc1. The van der Waals surface area contributed by atoms with Crippen LogP contribution in [0.2, 0.25) is 0 Å². The average Bonchev–Trinajstić information content (AvgIpc) is 2.75. The number of quaternary nitrogens is 1. The number of esters is 1. The van der Waals surface area contributed by atoms with Gasteiger partial charge in [0.2, 0.25) is 0 Å². The predicted molar refractivity (Wildman–Crippen MR) is 114 cm³/mol. The van der Waals surface area contributed by atoms with Crippen LogP contribution in [0.15, 0.2) is 54.6 Å². The minimum absolute atomic E-state index is 0.00793. The second-order valence-electron chi connectivity index (χ2n) is 7.36. The fourth-order valence-corrected chi connectivity index (χ4v) is 3.41. The lowest BCUT2D eigenvalue weighted by molar-refractivity contribution is -0.892. The number of benzene rings is 2. The molecule has 0 aliphatic carbocycles. The number of ether oxygens (including phenoxy) is 1. The van der Waals surface area contributed by atoms with Gasteiger partial charge in [0.1, 0.15) is 0 Å². The summed E-state index contributed by atoms with van der Waals surface area (Å²) >= 11 is 0. The molecule has 2 aromatic rings. The number of unbranched alkanes of at least 4 members (excludes halogenated alkanes) is 1. The zero-order valence-electron chi connectivity index (χ0n) is 17.0. The first kappa shape index (κ1) is 20.9. The number of hydrogen-bond donors (Lipinski definition) is 2. The third-order valence-electron chi connectivity index (χ3n) is 5.14. The normalized spacial score (nSPS) is 14.4. The van der Waals surface area contributed by atoms with Crippen LogP contribution in [0.1, 0.15) is 30.1 Å². The summed E-state index contributed by atoms with van der Waals surface area (Å²) in [6, 6.07) is 17.3. The first-order chi connectivity index (χ1) is 14.2. The maximum Gasteiger partial charge on any atom is 0.338 e. The van der Waals surface area contributed by atoms with Crippen LogP contribution in [0.25, 0.3) is 0 Å². The van der Waals surface area contributed by atoms with E-state index in [4.69, 9.17) is 4.74 Å². The Kier molecular flexibility index (Phi) is 7.64. The van der Waals surface area contributed by atoms with E-state index in [9.17, 15) is 9.59 Å². The smallest absolute Gasteiger partial charge is 0.338 e. The molecule has 0 bridgehead atoms. The van der Waals surface area contributed by atoms with Crippen LogP contribution in [0, 0.1) is 0 Å². The number of nitrogens with zero attached hydrogens (tertiary/aromatic N) is 1. The van der Waals surface area contributed by atoms with Crippen molar-refractivity contribution >= 4 is 23.3 Å². The Morgan fingerprint density at radius 1 is 1.03 bits per heavy atom. The summed E-state index contributed by atoms with van der Waals surface area (Å²) in [5.74, 6) is -0.330. The number of nitrogens with one attached hydrogen (secondary N) is 2. The number of amides is 1. The van der Waals surface area contributed by atoms with Crippen molar-refractivity contribution in [1.29, 1.82) is 0 Å². The van der Waals surface area contributed by atoms with E-state index in [2.05, 4.69) is 41.4 Å². The van der Waals surface area contributed by atoms with Crippen molar-refractivity contribution in [2.45, 2.75) is 19.8 Å². The van der Waals surface area contributed by atoms with Gasteiger partial charge in [0.25, 0.3) is 5.91 Å². The largest absolute Gasteiger partial charge is 0.462 e. The van der Waals surface area contributed by atoms with Crippen LogP contribution in [-0.2, 0) is 9.53 Å². The molecule has 6 nitrogen and oxygen atoms in total. The molecule has 1 fully saturated rings. The van der Waals surface area contributed by atoms with Crippen molar-refractivity contribution < 1.29 is 19.2 Å². The second-order valence-corrected chi connectivity index (χ2v) is 7.36. The lowest BCUT2D eigenvalue weighted by Gasteiger charge is -2.33. The minimum atomic E-state index is -0.322. The van der Waals surface area contributed by atoms with Gasteiger partial charge in [-0.15, -0.1) is 0 Å². The molecule has 3 rings (SSSR count). The van der Waals surface area contributed by atoms with Gasteiger partial charge in [0.05, 0.1) is 38.3 Å². The maximum atomic E-state index is 12.4. The fourth-order valence-electron chi connectivity index (χ4n) is 3.41. The molecule has 6 heteroatoms. The van der Waals surface area contributed by atoms with Crippen molar-refractivity contribution in [2.24, 2.45) is 0 Å². The zero-order valence-corrected chi connectivity index (χ0v) is 17.0. The molecule has 0 atom stereocenters. The van der Waals surface area contributed by atoms with E-state index in [-0.39, 0.29) is 11.9 Å². The molecule has 1 saturated heterocycles. The van der Waals surface area contributed by atoms with Gasteiger partial charge in [0, 0.05) is 11.4 Å². The number of carbonyl (C=O) groups excluding carboxylic acids is 2. The molecule has 1 heterocycles. The molecular weight excluding hydrogens is 366 g/mol. The number of rotatable bonds is 8. The fraction of sp³-hybridized carbons (Fsp3) is 0.391. The van der Waals surface area contributed by atoms with E-state index in [0.717, 1.165) is 39.0 Å². The lowest BCUT2D eigenvalue weighted by Crippen LogP contribution is -3.15. The molecule has 0 aromatic heterocycles. The number of carbonyl (C=O) groups is 2. The monoisotopic (exact) mass is 396 g/mol. The Labute approximate surface area is 172 Å². The lowest BCUT2D eigenvalue weighted by atomic mass is 10.2. The molecule has 1 aliphatic rings. The molecule has 2 aromatic carbocycles. The minimum Gasteiger partial charge on any atom is -0.462 e. The van der Waals surface area contributed by atoms with Crippen molar-refractivity contribution in [2.75, 3.05) is 49.5 Å². The van der Waals surface area contributed by atoms with Gasteiger partial charge < -0.3 is 19.9 Å². The van der Waals surface area contributed by atoms with Gasteiger partial charge in [-0.2, -0.15) is 0 Å². The molecule has 29 heavy (non-hydrogen) atoms. The number of piperazine rings is 1. The van der Waals surface area contributed by atoms with Crippen LogP contribution in [0.3, 0.4) is 0 Å². The molecule has 1 aliphatic heterocycles. The molecule has 0 unspecified atom stereocenters. The van der Waals surface area contributed by atoms with Gasteiger partial charge in [-0.1, -0.05) is 31.5 Å². The third kappa shape index (κ3) is 6.32. The quantitative estimate of drug-likeness (QED) is 0.529. The van der Waals surface area contributed by atoms with Crippen LogP contribution in [0.5, 0.6) is 0 Å². The van der Waals surface area contributed by atoms with Crippen molar-refractivity contribution in [3.8, 4) is 0 Å². The molecule has 2 N–H and O–H groups in total. The highest BCUT2D eigenvalue weighted by atomic mass is 16.5. The third-order valence-corrected chi connectivity index (χ3v) is 5.14. The number of para-hydroxylation sites is 1. The van der Waals surface area contributed by atoms with E-state index in [1.54, 1.807) is 24.3 Å². The molecule has 154 valence electrons. The Morgan fingerprint density at radius 2 is 1.72 bits per heavy atom. The standard InChI is InChI=1S/C23H29N3O3/c1-2-3-17-29-23(28)19-9-11-20(12-10-19)24-22(27)18-25-13-15-26(16-14-25)21-7-5-4-6-8-21/h4-12H,2-3,13-18H2,1H3,(H,24,27)/p+1. The topological polar surface area (TPSA) is 63.1 Å². The van der Waals surface area contributed by atoms with Gasteiger partial charge >= 0.3 is 5.97 Å². The highest BCUT2D eigenvalue weighted by Gasteiger charge is 2.22. The van der Waals surface area contributed by atoms with Gasteiger partial charge in [-0.05, 0) is 42.8 Å². The summed E-state index contributed by atoms with van der Waals surface area (Å²) in [6.45, 7) is 6.70.